The van der Waals surface area contributed by atoms with E-state index in [9.17, 15) is 4.79 Å². The highest BCUT2D eigenvalue weighted by molar-refractivity contribution is 6.11. The van der Waals surface area contributed by atoms with Crippen molar-refractivity contribution in [3.63, 3.8) is 0 Å². The second-order valence-corrected chi connectivity index (χ2v) is 11.6. The SMILES string of the molecule is CC(C)(C)OC(=O)N1CC=CCC12C(=O)N(C(c1ccccc1)(c1ccccc1)c1ccccc1)c1ccccc12. The lowest BCUT2D eigenvalue weighted by atomic mass is 9.75. The molecule has 4 aromatic rings. The lowest BCUT2D eigenvalue weighted by Crippen LogP contribution is -2.60. The van der Waals surface area contributed by atoms with Crippen LogP contribution < -0.4 is 4.90 Å². The maximum atomic E-state index is 15.4. The Bertz CT molecular complexity index is 1500. The Morgan fingerprint density at radius 2 is 1.20 bits per heavy atom. The number of rotatable bonds is 4. The first-order valence-corrected chi connectivity index (χ1v) is 14.1. The molecule has 0 N–H and O–H groups in total. The number of anilines is 1. The van der Waals surface area contributed by atoms with Gasteiger partial charge in [0.2, 0.25) is 0 Å². The van der Waals surface area contributed by atoms with E-state index < -0.39 is 22.8 Å². The van der Waals surface area contributed by atoms with Crippen LogP contribution >= 0.6 is 0 Å². The zero-order valence-electron chi connectivity index (χ0n) is 23.7. The number of benzene rings is 4. The van der Waals surface area contributed by atoms with Crippen LogP contribution in [-0.4, -0.2) is 29.0 Å². The van der Waals surface area contributed by atoms with Gasteiger partial charge in [-0.15, -0.1) is 0 Å². The summed E-state index contributed by atoms with van der Waals surface area (Å²) in [5.74, 6) is -0.162. The van der Waals surface area contributed by atoms with Crippen molar-refractivity contribution < 1.29 is 14.3 Å². The predicted molar refractivity (Wildman–Crippen MR) is 162 cm³/mol. The molecule has 0 radical (unpaired) electrons. The van der Waals surface area contributed by atoms with Gasteiger partial charge in [-0.25, -0.2) is 4.79 Å². The minimum atomic E-state index is -1.25. The molecule has 2 amide bonds. The number of amides is 2. The van der Waals surface area contributed by atoms with E-state index in [1.54, 1.807) is 4.90 Å². The van der Waals surface area contributed by atoms with Crippen LogP contribution in [0.15, 0.2) is 127 Å². The Kier molecular flexibility index (Phi) is 6.53. The van der Waals surface area contributed by atoms with Gasteiger partial charge in [-0.2, -0.15) is 0 Å². The van der Waals surface area contributed by atoms with Gasteiger partial charge in [0, 0.05) is 18.5 Å². The van der Waals surface area contributed by atoms with Gasteiger partial charge in [-0.1, -0.05) is 121 Å². The summed E-state index contributed by atoms with van der Waals surface area (Å²) in [6, 6.07) is 38.4. The van der Waals surface area contributed by atoms with Gasteiger partial charge in [-0.05, 0) is 43.5 Å². The number of hydrogen-bond donors (Lipinski definition) is 0. The molecule has 0 saturated heterocycles. The summed E-state index contributed by atoms with van der Waals surface area (Å²) in [6.07, 6.45) is 3.80. The second kappa shape index (κ2) is 10.1. The van der Waals surface area contributed by atoms with Crippen LogP contribution in [0, 0.1) is 0 Å². The average molecular weight is 543 g/mol. The molecule has 2 heterocycles. The Morgan fingerprint density at radius 1 is 0.707 bits per heavy atom. The Morgan fingerprint density at radius 3 is 1.71 bits per heavy atom. The minimum absolute atomic E-state index is 0.162. The predicted octanol–water partition coefficient (Wildman–Crippen LogP) is 7.42. The molecule has 2 aliphatic rings. The number of carbonyl (C=O) groups is 2. The maximum Gasteiger partial charge on any atom is 0.411 e. The molecule has 0 bridgehead atoms. The molecule has 6 rings (SSSR count). The van der Waals surface area contributed by atoms with E-state index in [1.807, 2.05) is 117 Å². The molecule has 1 unspecified atom stereocenters. The van der Waals surface area contributed by atoms with Gasteiger partial charge >= 0.3 is 6.09 Å². The standard InChI is InChI=1S/C36H34N2O3/c1-34(2,3)41-33(40)37-26-16-15-25-35(37)30-23-13-14-24-31(30)38(32(35)39)36(27-17-7-4-8-18-27,28-19-9-5-10-20-28)29-21-11-6-12-22-29/h4-24H,25-26H2,1-3H3. The van der Waals surface area contributed by atoms with Crippen molar-refractivity contribution in [1.82, 2.24) is 4.90 Å². The highest BCUT2D eigenvalue weighted by Gasteiger charge is 2.62. The number of ether oxygens (including phenoxy) is 1. The summed E-state index contributed by atoms with van der Waals surface area (Å²) < 4.78 is 5.88. The number of fused-ring (bicyclic) bond motifs is 2. The number of nitrogens with zero attached hydrogens (tertiary/aromatic N) is 2. The van der Waals surface area contributed by atoms with Gasteiger partial charge < -0.3 is 4.74 Å². The van der Waals surface area contributed by atoms with Crippen LogP contribution in [0.3, 0.4) is 0 Å². The molecule has 1 spiro atoms. The summed E-state index contributed by atoms with van der Waals surface area (Å²) in [4.78, 5) is 32.8. The summed E-state index contributed by atoms with van der Waals surface area (Å²) in [7, 11) is 0. The third-order valence-corrected chi connectivity index (χ3v) is 8.00. The first kappa shape index (κ1) is 26.6. The third kappa shape index (κ3) is 4.15. The zero-order valence-corrected chi connectivity index (χ0v) is 23.7. The number of hydrogen-bond acceptors (Lipinski definition) is 3. The van der Waals surface area contributed by atoms with Gasteiger partial charge in [0.1, 0.15) is 11.1 Å². The summed E-state index contributed by atoms with van der Waals surface area (Å²) >= 11 is 0. The molecule has 5 heteroatoms. The van der Waals surface area contributed by atoms with Gasteiger partial charge in [-0.3, -0.25) is 14.6 Å². The molecule has 0 aromatic heterocycles. The van der Waals surface area contributed by atoms with Crippen LogP contribution in [0.25, 0.3) is 0 Å². The van der Waals surface area contributed by atoms with E-state index in [0.29, 0.717) is 6.42 Å². The second-order valence-electron chi connectivity index (χ2n) is 11.6. The zero-order chi connectivity index (χ0) is 28.7. The molecular weight excluding hydrogens is 508 g/mol. The monoisotopic (exact) mass is 542 g/mol. The molecule has 1 atom stereocenters. The van der Waals surface area contributed by atoms with Crippen LogP contribution in [0.4, 0.5) is 10.5 Å². The summed E-state index contributed by atoms with van der Waals surface area (Å²) in [6.45, 7) is 5.82. The number of para-hydroxylation sites is 1. The molecule has 41 heavy (non-hydrogen) atoms. The van der Waals surface area contributed by atoms with Crippen molar-refractivity contribution >= 4 is 17.7 Å². The fourth-order valence-corrected chi connectivity index (χ4v) is 6.39. The van der Waals surface area contributed by atoms with E-state index in [1.165, 1.54) is 0 Å². The fourth-order valence-electron chi connectivity index (χ4n) is 6.39. The highest BCUT2D eigenvalue weighted by atomic mass is 16.6. The van der Waals surface area contributed by atoms with E-state index in [0.717, 1.165) is 27.9 Å². The molecule has 0 fully saturated rings. The first-order chi connectivity index (χ1) is 19.8. The Hall–Kier alpha value is -4.64. The van der Waals surface area contributed by atoms with Crippen molar-refractivity contribution in [1.29, 1.82) is 0 Å². The molecule has 0 aliphatic carbocycles. The van der Waals surface area contributed by atoms with E-state index in [-0.39, 0.29) is 12.5 Å². The smallest absolute Gasteiger partial charge is 0.411 e. The van der Waals surface area contributed by atoms with Crippen LogP contribution in [0.2, 0.25) is 0 Å². The molecular formula is C36H34N2O3. The van der Waals surface area contributed by atoms with Gasteiger partial charge in [0.15, 0.2) is 5.54 Å². The summed E-state index contributed by atoms with van der Waals surface area (Å²) in [5, 5.41) is 0. The van der Waals surface area contributed by atoms with Crippen molar-refractivity contribution in [2.45, 2.75) is 43.9 Å². The van der Waals surface area contributed by atoms with Crippen LogP contribution in [-0.2, 0) is 20.6 Å². The van der Waals surface area contributed by atoms with Crippen molar-refractivity contribution in [3.8, 4) is 0 Å². The first-order valence-electron chi connectivity index (χ1n) is 14.1. The molecule has 2 aliphatic heterocycles. The van der Waals surface area contributed by atoms with Gasteiger partial charge in [0.25, 0.3) is 5.91 Å². The maximum absolute atomic E-state index is 15.4. The molecule has 0 saturated carbocycles. The highest BCUT2D eigenvalue weighted by Crippen LogP contribution is 2.55. The third-order valence-electron chi connectivity index (χ3n) is 8.00. The van der Waals surface area contributed by atoms with Crippen LogP contribution in [0.5, 0.6) is 0 Å². The fraction of sp³-hybridized carbons (Fsp3) is 0.222. The van der Waals surface area contributed by atoms with Crippen LogP contribution in [0.1, 0.15) is 49.4 Å². The normalized spacial score (nSPS) is 18.5. The quantitative estimate of drug-likeness (QED) is 0.199. The average Bonchev–Trinajstić information content (AvgIpc) is 3.23. The topological polar surface area (TPSA) is 49.9 Å². The van der Waals surface area contributed by atoms with E-state index in [2.05, 4.69) is 36.4 Å². The van der Waals surface area contributed by atoms with Crippen molar-refractivity contribution in [2.24, 2.45) is 0 Å². The summed E-state index contributed by atoms with van der Waals surface area (Å²) in [5.41, 5.74) is 1.46. The molecule has 4 aromatic carbocycles. The van der Waals surface area contributed by atoms with E-state index >= 15 is 4.79 Å². The van der Waals surface area contributed by atoms with Crippen molar-refractivity contribution in [3.05, 3.63) is 150 Å². The Balaban J connectivity index is 1.67. The van der Waals surface area contributed by atoms with Gasteiger partial charge in [0.05, 0.1) is 5.69 Å². The largest absolute Gasteiger partial charge is 0.444 e. The lowest BCUT2D eigenvalue weighted by molar-refractivity contribution is -0.131. The molecule has 5 nitrogen and oxygen atoms in total. The number of carbonyl (C=O) groups excluding carboxylic acids is 2. The van der Waals surface area contributed by atoms with E-state index in [4.69, 9.17) is 4.74 Å². The Labute approximate surface area is 241 Å². The molecule has 206 valence electrons. The van der Waals surface area contributed by atoms with Crippen molar-refractivity contribution in [2.75, 3.05) is 11.4 Å². The lowest BCUT2D eigenvalue weighted by Gasteiger charge is -2.46. The minimum Gasteiger partial charge on any atom is -0.444 e.